The number of piperazine rings is 1. The third-order valence-corrected chi connectivity index (χ3v) is 4.64. The predicted molar refractivity (Wildman–Crippen MR) is 101 cm³/mol. The molecular formula is C17H28N8O. The molecule has 142 valence electrons. The summed E-state index contributed by atoms with van der Waals surface area (Å²) in [4.78, 5) is 25.2. The Morgan fingerprint density at radius 1 is 1.19 bits per heavy atom. The Bertz CT molecular complexity index is 723. The SMILES string of the molecule is CCCNC(=O)Nc1ncnc2c1cnn2CCCN1CCN(C)CC1. The van der Waals surface area contributed by atoms with Crippen molar-refractivity contribution < 1.29 is 4.79 Å². The molecule has 9 nitrogen and oxygen atoms in total. The zero-order valence-corrected chi connectivity index (χ0v) is 15.6. The van der Waals surface area contributed by atoms with Crippen LogP contribution in [0.25, 0.3) is 11.0 Å². The van der Waals surface area contributed by atoms with E-state index in [9.17, 15) is 4.79 Å². The minimum absolute atomic E-state index is 0.255. The van der Waals surface area contributed by atoms with Crippen LogP contribution in [0.5, 0.6) is 0 Å². The van der Waals surface area contributed by atoms with Crippen LogP contribution < -0.4 is 10.6 Å². The van der Waals surface area contributed by atoms with Crippen molar-refractivity contribution in [1.29, 1.82) is 0 Å². The molecule has 0 spiro atoms. The Hall–Kier alpha value is -2.26. The fourth-order valence-electron chi connectivity index (χ4n) is 3.06. The number of hydrogen-bond acceptors (Lipinski definition) is 6. The Labute approximate surface area is 153 Å². The van der Waals surface area contributed by atoms with Crippen LogP contribution in [0.1, 0.15) is 19.8 Å². The molecule has 1 aliphatic rings. The lowest BCUT2D eigenvalue weighted by Crippen LogP contribution is -2.44. The molecule has 3 heterocycles. The Morgan fingerprint density at radius 2 is 2.00 bits per heavy atom. The fraction of sp³-hybridized carbons (Fsp3) is 0.647. The van der Waals surface area contributed by atoms with E-state index < -0.39 is 0 Å². The van der Waals surface area contributed by atoms with E-state index in [-0.39, 0.29) is 6.03 Å². The summed E-state index contributed by atoms with van der Waals surface area (Å²) in [6.07, 6.45) is 5.10. The maximum absolute atomic E-state index is 11.9. The molecule has 1 saturated heterocycles. The molecule has 0 aliphatic carbocycles. The van der Waals surface area contributed by atoms with Crippen molar-refractivity contribution in [1.82, 2.24) is 34.9 Å². The molecule has 2 amide bonds. The second-order valence-electron chi connectivity index (χ2n) is 6.71. The summed E-state index contributed by atoms with van der Waals surface area (Å²) in [6, 6.07) is -0.255. The number of amides is 2. The van der Waals surface area contributed by atoms with Crippen LogP contribution in [0.3, 0.4) is 0 Å². The van der Waals surface area contributed by atoms with E-state index in [2.05, 4.69) is 42.5 Å². The van der Waals surface area contributed by atoms with E-state index >= 15 is 0 Å². The molecule has 2 aromatic rings. The zero-order chi connectivity index (χ0) is 18.4. The standard InChI is InChI=1S/C17H28N8O/c1-3-5-18-17(26)22-15-14-12-21-25(16(14)20-13-19-15)7-4-6-24-10-8-23(2)9-11-24/h12-13H,3-11H2,1-2H3,(H2,18,19,20,22,26). The van der Waals surface area contributed by atoms with E-state index in [1.165, 1.54) is 6.33 Å². The number of anilines is 1. The van der Waals surface area contributed by atoms with Crippen LogP contribution in [-0.4, -0.2) is 81.9 Å². The van der Waals surface area contributed by atoms with Gasteiger partial charge in [-0.15, -0.1) is 0 Å². The molecule has 0 bridgehead atoms. The number of aryl methyl sites for hydroxylation is 1. The van der Waals surface area contributed by atoms with Crippen molar-refractivity contribution >= 4 is 22.9 Å². The van der Waals surface area contributed by atoms with Gasteiger partial charge in [-0.3, -0.25) is 5.32 Å². The quantitative estimate of drug-likeness (QED) is 0.765. The molecule has 0 saturated carbocycles. The minimum Gasteiger partial charge on any atom is -0.338 e. The number of nitrogens with one attached hydrogen (secondary N) is 2. The van der Waals surface area contributed by atoms with Crippen LogP contribution >= 0.6 is 0 Å². The van der Waals surface area contributed by atoms with Crippen molar-refractivity contribution in [2.24, 2.45) is 0 Å². The summed E-state index contributed by atoms with van der Waals surface area (Å²) >= 11 is 0. The summed E-state index contributed by atoms with van der Waals surface area (Å²) in [6.45, 7) is 9.01. The minimum atomic E-state index is -0.255. The van der Waals surface area contributed by atoms with Gasteiger partial charge in [0.15, 0.2) is 5.65 Å². The van der Waals surface area contributed by atoms with Gasteiger partial charge in [-0.25, -0.2) is 19.4 Å². The summed E-state index contributed by atoms with van der Waals surface area (Å²) in [5.74, 6) is 0.494. The highest BCUT2D eigenvalue weighted by Crippen LogP contribution is 2.18. The molecule has 2 N–H and O–H groups in total. The van der Waals surface area contributed by atoms with Crippen molar-refractivity contribution in [2.45, 2.75) is 26.3 Å². The predicted octanol–water partition coefficient (Wildman–Crippen LogP) is 0.995. The van der Waals surface area contributed by atoms with Crippen LogP contribution in [0, 0.1) is 0 Å². The summed E-state index contributed by atoms with van der Waals surface area (Å²) in [7, 11) is 2.17. The first-order valence-electron chi connectivity index (χ1n) is 9.29. The van der Waals surface area contributed by atoms with Gasteiger partial charge in [0.1, 0.15) is 12.1 Å². The number of carbonyl (C=O) groups is 1. The molecule has 0 aromatic carbocycles. The Morgan fingerprint density at radius 3 is 2.77 bits per heavy atom. The van der Waals surface area contributed by atoms with Gasteiger partial charge in [0, 0.05) is 45.8 Å². The van der Waals surface area contributed by atoms with Crippen LogP contribution in [0.15, 0.2) is 12.5 Å². The first kappa shape index (κ1) is 18.5. The van der Waals surface area contributed by atoms with E-state index in [4.69, 9.17) is 0 Å². The van der Waals surface area contributed by atoms with E-state index in [1.54, 1.807) is 6.20 Å². The molecule has 1 fully saturated rings. The number of hydrogen-bond donors (Lipinski definition) is 2. The van der Waals surface area contributed by atoms with Crippen molar-refractivity contribution in [3.8, 4) is 0 Å². The average molecular weight is 360 g/mol. The van der Waals surface area contributed by atoms with Crippen molar-refractivity contribution in [2.75, 3.05) is 51.6 Å². The van der Waals surface area contributed by atoms with E-state index in [0.717, 1.165) is 63.1 Å². The van der Waals surface area contributed by atoms with Gasteiger partial charge in [-0.2, -0.15) is 5.10 Å². The number of fused-ring (bicyclic) bond motifs is 1. The maximum atomic E-state index is 11.9. The highest BCUT2D eigenvalue weighted by Gasteiger charge is 2.14. The molecule has 3 rings (SSSR count). The molecule has 0 unspecified atom stereocenters. The van der Waals surface area contributed by atoms with Crippen LogP contribution in [-0.2, 0) is 6.54 Å². The van der Waals surface area contributed by atoms with Gasteiger partial charge in [0.05, 0.1) is 11.6 Å². The molecule has 26 heavy (non-hydrogen) atoms. The lowest BCUT2D eigenvalue weighted by atomic mass is 10.3. The Balaban J connectivity index is 1.58. The maximum Gasteiger partial charge on any atom is 0.320 e. The monoisotopic (exact) mass is 360 g/mol. The second kappa shape index (κ2) is 8.91. The molecular weight excluding hydrogens is 332 g/mol. The first-order valence-corrected chi connectivity index (χ1v) is 9.29. The molecule has 9 heteroatoms. The largest absolute Gasteiger partial charge is 0.338 e. The number of aromatic nitrogens is 4. The molecule has 1 aliphatic heterocycles. The van der Waals surface area contributed by atoms with E-state index in [0.29, 0.717) is 12.4 Å². The molecule has 0 radical (unpaired) electrons. The van der Waals surface area contributed by atoms with Gasteiger partial charge in [0.2, 0.25) is 0 Å². The highest BCUT2D eigenvalue weighted by atomic mass is 16.2. The van der Waals surface area contributed by atoms with Gasteiger partial charge >= 0.3 is 6.03 Å². The summed E-state index contributed by atoms with van der Waals surface area (Å²) in [5, 5.41) is 10.8. The Kier molecular flexibility index (Phi) is 6.35. The lowest BCUT2D eigenvalue weighted by molar-refractivity contribution is 0.151. The molecule has 0 atom stereocenters. The number of urea groups is 1. The normalized spacial score (nSPS) is 16.1. The van der Waals surface area contributed by atoms with Gasteiger partial charge < -0.3 is 15.1 Å². The molecule has 2 aromatic heterocycles. The number of rotatable bonds is 7. The van der Waals surface area contributed by atoms with Crippen molar-refractivity contribution in [3.05, 3.63) is 12.5 Å². The highest BCUT2D eigenvalue weighted by molar-refractivity contribution is 5.97. The lowest BCUT2D eigenvalue weighted by Gasteiger charge is -2.32. The second-order valence-corrected chi connectivity index (χ2v) is 6.71. The topological polar surface area (TPSA) is 91.2 Å². The van der Waals surface area contributed by atoms with Crippen LogP contribution in [0.2, 0.25) is 0 Å². The van der Waals surface area contributed by atoms with Crippen LogP contribution in [0.4, 0.5) is 10.6 Å². The zero-order valence-electron chi connectivity index (χ0n) is 15.6. The van der Waals surface area contributed by atoms with Gasteiger partial charge in [-0.1, -0.05) is 6.92 Å². The van der Waals surface area contributed by atoms with Crippen molar-refractivity contribution in [3.63, 3.8) is 0 Å². The number of likely N-dealkylation sites (N-methyl/N-ethyl adjacent to an activating group) is 1. The summed E-state index contributed by atoms with van der Waals surface area (Å²) in [5.41, 5.74) is 0.754. The average Bonchev–Trinajstić information content (AvgIpc) is 3.06. The number of nitrogens with zero attached hydrogens (tertiary/aromatic N) is 6. The first-order chi connectivity index (χ1) is 12.7. The summed E-state index contributed by atoms with van der Waals surface area (Å²) < 4.78 is 1.89. The van der Waals surface area contributed by atoms with E-state index in [1.807, 2.05) is 11.6 Å². The number of carbonyl (C=O) groups excluding carboxylic acids is 1. The third kappa shape index (κ3) is 4.67. The van der Waals surface area contributed by atoms with Gasteiger partial charge in [-0.05, 0) is 19.9 Å². The fourth-order valence-corrected chi connectivity index (χ4v) is 3.06. The van der Waals surface area contributed by atoms with Gasteiger partial charge in [0.25, 0.3) is 0 Å². The third-order valence-electron chi connectivity index (χ3n) is 4.64. The smallest absolute Gasteiger partial charge is 0.320 e.